The van der Waals surface area contributed by atoms with Gasteiger partial charge < -0.3 is 10.6 Å². The van der Waals surface area contributed by atoms with E-state index in [1.165, 1.54) is 16.8 Å². The molecule has 120 valence electrons. The van der Waals surface area contributed by atoms with Gasteiger partial charge in [0.25, 0.3) is 0 Å². The Morgan fingerprint density at radius 1 is 1.35 bits per heavy atom. The highest BCUT2D eigenvalue weighted by Gasteiger charge is 2.24. The third-order valence-electron chi connectivity index (χ3n) is 4.88. The lowest BCUT2D eigenvalue weighted by Crippen LogP contribution is -2.33. The van der Waals surface area contributed by atoms with Crippen molar-refractivity contribution in [3.05, 3.63) is 52.8 Å². The van der Waals surface area contributed by atoms with E-state index in [4.69, 9.17) is 0 Å². The van der Waals surface area contributed by atoms with Crippen LogP contribution in [0.1, 0.15) is 28.9 Å². The molecule has 2 N–H and O–H groups in total. The minimum Gasteiger partial charge on any atom is -0.350 e. The summed E-state index contributed by atoms with van der Waals surface area (Å²) in [6, 6.07) is 10.5. The molecular weight excluding hydrogens is 288 g/mol. The maximum absolute atomic E-state index is 12.5. The highest BCUT2D eigenvalue weighted by atomic mass is 16.1. The number of fused-ring (bicyclic) bond motifs is 2. The number of carbonyl (C=O) groups is 1. The molecule has 2 aliphatic rings. The van der Waals surface area contributed by atoms with Gasteiger partial charge >= 0.3 is 0 Å². The van der Waals surface area contributed by atoms with Crippen molar-refractivity contribution >= 4 is 5.91 Å². The van der Waals surface area contributed by atoms with Gasteiger partial charge in [-0.15, -0.1) is 0 Å². The van der Waals surface area contributed by atoms with E-state index in [9.17, 15) is 4.79 Å². The maximum atomic E-state index is 12.5. The fourth-order valence-electron chi connectivity index (χ4n) is 3.58. The van der Waals surface area contributed by atoms with Crippen molar-refractivity contribution in [2.45, 2.75) is 38.9 Å². The van der Waals surface area contributed by atoms with Gasteiger partial charge in [0.05, 0.1) is 24.5 Å². The molecule has 0 radical (unpaired) electrons. The summed E-state index contributed by atoms with van der Waals surface area (Å²) in [6.07, 6.45) is 2.79. The first-order chi connectivity index (χ1) is 11.3. The normalized spacial score (nSPS) is 19.7. The molecule has 0 unspecified atom stereocenters. The lowest BCUT2D eigenvalue weighted by atomic mass is 9.83. The summed E-state index contributed by atoms with van der Waals surface area (Å²) < 4.78 is 2.04. The average molecular weight is 310 g/mol. The molecule has 1 atom stereocenters. The van der Waals surface area contributed by atoms with Gasteiger partial charge in [-0.3, -0.25) is 9.48 Å². The van der Waals surface area contributed by atoms with Crippen molar-refractivity contribution in [2.75, 3.05) is 6.54 Å². The highest BCUT2D eigenvalue weighted by molar-refractivity contribution is 5.79. The Morgan fingerprint density at radius 3 is 3.09 bits per heavy atom. The fourth-order valence-corrected chi connectivity index (χ4v) is 3.58. The van der Waals surface area contributed by atoms with Crippen LogP contribution < -0.4 is 10.6 Å². The van der Waals surface area contributed by atoms with Gasteiger partial charge in [-0.2, -0.15) is 5.10 Å². The molecule has 0 spiro atoms. The molecule has 1 aromatic heterocycles. The largest absolute Gasteiger partial charge is 0.350 e. The number of amides is 1. The van der Waals surface area contributed by atoms with Crippen molar-refractivity contribution in [2.24, 2.45) is 5.92 Å². The number of aromatic nitrogens is 2. The number of hydrogen-bond donors (Lipinski definition) is 2. The van der Waals surface area contributed by atoms with E-state index in [1.54, 1.807) is 0 Å². The quantitative estimate of drug-likeness (QED) is 0.901. The number of hydrogen-bond acceptors (Lipinski definition) is 3. The molecule has 0 fully saturated rings. The SMILES string of the molecule is O=C(NCc1cc2n(n1)CCNC2)[C@@H]1CCc2ccccc2C1. The van der Waals surface area contributed by atoms with Crippen LogP contribution in [0.5, 0.6) is 0 Å². The van der Waals surface area contributed by atoms with E-state index in [2.05, 4.69) is 46.1 Å². The summed E-state index contributed by atoms with van der Waals surface area (Å²) in [5.41, 5.74) is 4.87. The summed E-state index contributed by atoms with van der Waals surface area (Å²) >= 11 is 0. The molecule has 5 heteroatoms. The highest BCUT2D eigenvalue weighted by Crippen LogP contribution is 2.25. The predicted octanol–water partition coefficient (Wildman–Crippen LogP) is 1.41. The zero-order valence-electron chi connectivity index (χ0n) is 13.2. The van der Waals surface area contributed by atoms with Gasteiger partial charge in [-0.05, 0) is 36.5 Å². The Labute approximate surface area is 136 Å². The van der Waals surface area contributed by atoms with Crippen LogP contribution in [0.4, 0.5) is 0 Å². The molecule has 1 aliphatic carbocycles. The Bertz CT molecular complexity index is 698. The molecule has 4 rings (SSSR count). The molecule has 2 heterocycles. The zero-order valence-corrected chi connectivity index (χ0v) is 13.2. The number of rotatable bonds is 3. The van der Waals surface area contributed by atoms with Crippen molar-refractivity contribution in [1.82, 2.24) is 20.4 Å². The van der Waals surface area contributed by atoms with Crippen LogP contribution in [0.3, 0.4) is 0 Å². The minimum absolute atomic E-state index is 0.0869. The molecule has 1 aromatic carbocycles. The summed E-state index contributed by atoms with van der Waals surface area (Å²) in [7, 11) is 0. The third kappa shape index (κ3) is 3.01. The van der Waals surface area contributed by atoms with Crippen molar-refractivity contribution in [3.63, 3.8) is 0 Å². The minimum atomic E-state index is 0.0869. The standard InChI is InChI=1S/C18H22N4O/c23-18(15-6-5-13-3-1-2-4-14(13)9-15)20-11-16-10-17-12-19-7-8-22(17)21-16/h1-4,10,15,19H,5-9,11-12H2,(H,20,23)/t15-/m1/s1. The van der Waals surface area contributed by atoms with E-state index in [1.807, 2.05) is 4.68 Å². The van der Waals surface area contributed by atoms with Crippen LogP contribution in [0.2, 0.25) is 0 Å². The molecule has 1 amide bonds. The zero-order chi connectivity index (χ0) is 15.6. The van der Waals surface area contributed by atoms with E-state index >= 15 is 0 Å². The number of nitrogens with zero attached hydrogens (tertiary/aromatic N) is 2. The Balaban J connectivity index is 1.36. The summed E-state index contributed by atoms with van der Waals surface area (Å²) in [5, 5.41) is 11.0. The third-order valence-corrected chi connectivity index (χ3v) is 4.88. The smallest absolute Gasteiger partial charge is 0.223 e. The summed E-state index contributed by atoms with van der Waals surface area (Å²) in [5.74, 6) is 0.243. The maximum Gasteiger partial charge on any atom is 0.223 e. The first-order valence-corrected chi connectivity index (χ1v) is 8.40. The van der Waals surface area contributed by atoms with Crippen LogP contribution in [-0.2, 0) is 37.3 Å². The Hall–Kier alpha value is -2.14. The van der Waals surface area contributed by atoms with E-state index in [-0.39, 0.29) is 11.8 Å². The van der Waals surface area contributed by atoms with E-state index in [0.717, 1.165) is 44.6 Å². The Morgan fingerprint density at radius 2 is 2.22 bits per heavy atom. The molecular formula is C18H22N4O. The summed E-state index contributed by atoms with van der Waals surface area (Å²) in [6.45, 7) is 3.25. The predicted molar refractivity (Wildman–Crippen MR) is 87.7 cm³/mol. The van der Waals surface area contributed by atoms with Gasteiger partial charge in [-0.1, -0.05) is 24.3 Å². The van der Waals surface area contributed by atoms with Crippen LogP contribution in [0.15, 0.2) is 30.3 Å². The molecule has 0 saturated carbocycles. The number of nitrogens with one attached hydrogen (secondary N) is 2. The molecule has 2 aromatic rings. The second-order valence-corrected chi connectivity index (χ2v) is 6.45. The van der Waals surface area contributed by atoms with Gasteiger partial charge in [0, 0.05) is 19.0 Å². The van der Waals surface area contributed by atoms with Gasteiger partial charge in [0.1, 0.15) is 0 Å². The molecule has 1 aliphatic heterocycles. The first kappa shape index (κ1) is 14.5. The number of benzene rings is 1. The molecule has 23 heavy (non-hydrogen) atoms. The van der Waals surface area contributed by atoms with Crippen LogP contribution >= 0.6 is 0 Å². The monoisotopic (exact) mass is 310 g/mol. The van der Waals surface area contributed by atoms with Crippen molar-refractivity contribution in [1.29, 1.82) is 0 Å². The second-order valence-electron chi connectivity index (χ2n) is 6.45. The van der Waals surface area contributed by atoms with E-state index in [0.29, 0.717) is 6.54 Å². The lowest BCUT2D eigenvalue weighted by molar-refractivity contribution is -0.125. The topological polar surface area (TPSA) is 59.0 Å². The average Bonchev–Trinajstić information content (AvgIpc) is 3.02. The first-order valence-electron chi connectivity index (χ1n) is 8.40. The van der Waals surface area contributed by atoms with Gasteiger partial charge in [0.15, 0.2) is 0 Å². The molecule has 0 saturated heterocycles. The van der Waals surface area contributed by atoms with Gasteiger partial charge in [-0.25, -0.2) is 0 Å². The number of carbonyl (C=O) groups excluding carboxylic acids is 1. The lowest BCUT2D eigenvalue weighted by Gasteiger charge is -2.23. The van der Waals surface area contributed by atoms with Gasteiger partial charge in [0.2, 0.25) is 5.91 Å². The molecule has 0 bridgehead atoms. The molecule has 5 nitrogen and oxygen atoms in total. The van der Waals surface area contributed by atoms with Crippen molar-refractivity contribution < 1.29 is 4.79 Å². The number of aryl methyl sites for hydroxylation is 1. The fraction of sp³-hybridized carbons (Fsp3) is 0.444. The summed E-state index contributed by atoms with van der Waals surface area (Å²) in [4.78, 5) is 12.5. The Kier molecular flexibility index (Phi) is 3.87. The van der Waals surface area contributed by atoms with Crippen LogP contribution in [0.25, 0.3) is 0 Å². The van der Waals surface area contributed by atoms with Crippen LogP contribution in [-0.4, -0.2) is 22.2 Å². The van der Waals surface area contributed by atoms with Crippen molar-refractivity contribution in [3.8, 4) is 0 Å². The van der Waals surface area contributed by atoms with Crippen LogP contribution in [0, 0.1) is 5.92 Å². The van der Waals surface area contributed by atoms with E-state index < -0.39 is 0 Å². The second kappa shape index (κ2) is 6.16.